The number of piperidine rings is 1. The van der Waals surface area contributed by atoms with Crippen LogP contribution in [0.4, 0.5) is 0 Å². The van der Waals surface area contributed by atoms with Crippen LogP contribution < -0.4 is 0 Å². The first-order valence-corrected chi connectivity index (χ1v) is 9.25. The average molecular weight is 341 g/mol. The van der Waals surface area contributed by atoms with Crippen molar-refractivity contribution in [1.29, 1.82) is 0 Å². The Morgan fingerprint density at radius 1 is 1.41 bits per heavy atom. The minimum absolute atomic E-state index is 0.181. The van der Waals surface area contributed by atoms with Gasteiger partial charge in [0, 0.05) is 25.5 Å². The van der Waals surface area contributed by atoms with Crippen molar-refractivity contribution in [2.75, 3.05) is 39.5 Å². The molecule has 1 aromatic carbocycles. The van der Waals surface area contributed by atoms with Crippen molar-refractivity contribution in [2.45, 2.75) is 24.2 Å². The van der Waals surface area contributed by atoms with Gasteiger partial charge in [-0.3, -0.25) is 4.79 Å². The van der Waals surface area contributed by atoms with Crippen molar-refractivity contribution in [3.05, 3.63) is 29.3 Å². The first-order chi connectivity index (χ1) is 10.6. The first kappa shape index (κ1) is 17.6. The molecule has 1 unspecified atom stereocenters. The molecule has 0 spiro atoms. The lowest BCUT2D eigenvalue weighted by Gasteiger charge is -2.33. The molecule has 0 N–H and O–H groups in total. The lowest BCUT2D eigenvalue weighted by molar-refractivity contribution is -0.134. The predicted octanol–water partition coefficient (Wildman–Crippen LogP) is 3.62. The van der Waals surface area contributed by atoms with Crippen molar-refractivity contribution in [3.63, 3.8) is 0 Å². The van der Waals surface area contributed by atoms with Crippen LogP contribution in [0.1, 0.15) is 19.3 Å². The fourth-order valence-corrected chi connectivity index (χ4v) is 4.03. The number of amides is 1. The van der Waals surface area contributed by atoms with Crippen LogP contribution in [-0.4, -0.2) is 55.2 Å². The third-order valence-electron chi connectivity index (χ3n) is 4.01. The summed E-state index contributed by atoms with van der Waals surface area (Å²) in [6.07, 6.45) is 3.28. The van der Waals surface area contributed by atoms with E-state index in [4.69, 9.17) is 11.6 Å². The Hall–Kier alpha value is -0.710. The molecule has 2 rings (SSSR count). The molecule has 122 valence electrons. The van der Waals surface area contributed by atoms with Gasteiger partial charge in [0.15, 0.2) is 0 Å². The van der Waals surface area contributed by atoms with Crippen LogP contribution in [0.5, 0.6) is 0 Å². The van der Waals surface area contributed by atoms with Gasteiger partial charge in [0.05, 0.1) is 10.9 Å². The maximum atomic E-state index is 12.1. The standard InChI is InChI=1S/C17H25ClN2OS/c1-19(2)17(21)14-7-5-10-20(13-14)11-6-12-22-16-9-4-3-8-15(16)18/h3-4,8-9,14H,5-7,10-13H2,1-2H3. The van der Waals surface area contributed by atoms with Crippen molar-refractivity contribution in [2.24, 2.45) is 5.92 Å². The zero-order valence-electron chi connectivity index (χ0n) is 13.4. The monoisotopic (exact) mass is 340 g/mol. The Balaban J connectivity index is 1.71. The van der Waals surface area contributed by atoms with E-state index in [0.29, 0.717) is 0 Å². The molecule has 1 aromatic rings. The number of benzene rings is 1. The second-order valence-corrected chi connectivity index (χ2v) is 7.55. The molecular weight excluding hydrogens is 316 g/mol. The zero-order valence-corrected chi connectivity index (χ0v) is 15.0. The van der Waals surface area contributed by atoms with Gasteiger partial charge in [-0.05, 0) is 50.2 Å². The third kappa shape index (κ3) is 5.18. The average Bonchev–Trinajstić information content (AvgIpc) is 2.52. The molecule has 1 aliphatic heterocycles. The zero-order chi connectivity index (χ0) is 15.9. The van der Waals surface area contributed by atoms with Gasteiger partial charge in [0.1, 0.15) is 0 Å². The van der Waals surface area contributed by atoms with E-state index in [0.717, 1.165) is 54.6 Å². The highest BCUT2D eigenvalue weighted by molar-refractivity contribution is 7.99. The van der Waals surface area contributed by atoms with E-state index in [1.165, 1.54) is 0 Å². The summed E-state index contributed by atoms with van der Waals surface area (Å²) in [5, 5.41) is 0.835. The first-order valence-electron chi connectivity index (χ1n) is 7.89. The fourth-order valence-electron chi connectivity index (χ4n) is 2.86. The number of carbonyl (C=O) groups excluding carboxylic acids is 1. The third-order valence-corrected chi connectivity index (χ3v) is 5.61. The second-order valence-electron chi connectivity index (χ2n) is 6.00. The van der Waals surface area contributed by atoms with Gasteiger partial charge in [-0.1, -0.05) is 23.7 Å². The topological polar surface area (TPSA) is 23.6 Å². The fraction of sp³-hybridized carbons (Fsp3) is 0.588. The molecule has 5 heteroatoms. The van der Waals surface area contributed by atoms with Crippen LogP contribution in [0.25, 0.3) is 0 Å². The van der Waals surface area contributed by atoms with E-state index in [9.17, 15) is 4.79 Å². The van der Waals surface area contributed by atoms with E-state index in [1.54, 1.807) is 4.90 Å². The highest BCUT2D eigenvalue weighted by atomic mass is 35.5. The van der Waals surface area contributed by atoms with E-state index in [2.05, 4.69) is 11.0 Å². The number of thioether (sulfide) groups is 1. The van der Waals surface area contributed by atoms with Gasteiger partial charge >= 0.3 is 0 Å². The molecule has 1 aliphatic rings. The van der Waals surface area contributed by atoms with Gasteiger partial charge in [0.25, 0.3) is 0 Å². The van der Waals surface area contributed by atoms with E-state index in [-0.39, 0.29) is 11.8 Å². The van der Waals surface area contributed by atoms with Crippen molar-refractivity contribution in [1.82, 2.24) is 9.80 Å². The summed E-state index contributed by atoms with van der Waals surface area (Å²) in [6, 6.07) is 7.99. The Bertz CT molecular complexity index is 495. The number of nitrogens with zero attached hydrogens (tertiary/aromatic N) is 2. The molecular formula is C17H25ClN2OS. The smallest absolute Gasteiger partial charge is 0.226 e. The van der Waals surface area contributed by atoms with Gasteiger partial charge in [-0.2, -0.15) is 0 Å². The summed E-state index contributed by atoms with van der Waals surface area (Å²) < 4.78 is 0. The molecule has 0 aromatic heterocycles. The highest BCUT2D eigenvalue weighted by Gasteiger charge is 2.26. The normalized spacial score (nSPS) is 19.1. The van der Waals surface area contributed by atoms with Gasteiger partial charge in [-0.25, -0.2) is 0 Å². The largest absolute Gasteiger partial charge is 0.349 e. The lowest BCUT2D eigenvalue weighted by atomic mass is 9.96. The molecule has 1 amide bonds. The van der Waals surface area contributed by atoms with Crippen LogP contribution in [0.3, 0.4) is 0 Å². The van der Waals surface area contributed by atoms with Crippen molar-refractivity contribution in [3.8, 4) is 0 Å². The van der Waals surface area contributed by atoms with Crippen LogP contribution in [0.15, 0.2) is 29.2 Å². The Kier molecular flexibility index (Phi) is 7.06. The minimum Gasteiger partial charge on any atom is -0.349 e. The summed E-state index contributed by atoms with van der Waals surface area (Å²) >= 11 is 7.98. The molecule has 22 heavy (non-hydrogen) atoms. The van der Waals surface area contributed by atoms with E-state index >= 15 is 0 Å². The van der Waals surface area contributed by atoms with Gasteiger partial charge in [-0.15, -0.1) is 11.8 Å². The molecule has 0 bridgehead atoms. The van der Waals surface area contributed by atoms with Crippen LogP contribution in [-0.2, 0) is 4.79 Å². The van der Waals surface area contributed by atoms with Gasteiger partial charge in [0.2, 0.25) is 5.91 Å². The summed E-state index contributed by atoms with van der Waals surface area (Å²) in [5.74, 6) is 1.52. The maximum Gasteiger partial charge on any atom is 0.226 e. The predicted molar refractivity (Wildman–Crippen MR) is 94.7 cm³/mol. The van der Waals surface area contributed by atoms with Crippen molar-refractivity contribution >= 4 is 29.3 Å². The Labute approximate surface area is 143 Å². The van der Waals surface area contributed by atoms with Crippen LogP contribution in [0, 0.1) is 5.92 Å². The highest BCUT2D eigenvalue weighted by Crippen LogP contribution is 2.27. The Morgan fingerprint density at radius 2 is 2.18 bits per heavy atom. The summed E-state index contributed by atoms with van der Waals surface area (Å²) in [6.45, 7) is 3.09. The molecule has 3 nitrogen and oxygen atoms in total. The molecule has 0 aliphatic carbocycles. The number of hydrogen-bond donors (Lipinski definition) is 0. The lowest BCUT2D eigenvalue weighted by Crippen LogP contribution is -2.43. The second kappa shape index (κ2) is 8.80. The number of rotatable bonds is 6. The van der Waals surface area contributed by atoms with E-state index < -0.39 is 0 Å². The molecule has 0 saturated carbocycles. The minimum atomic E-state index is 0.181. The quantitative estimate of drug-likeness (QED) is 0.583. The van der Waals surface area contributed by atoms with E-state index in [1.807, 2.05) is 44.1 Å². The number of likely N-dealkylation sites (tertiary alicyclic amines) is 1. The van der Waals surface area contributed by atoms with Gasteiger partial charge < -0.3 is 9.80 Å². The Morgan fingerprint density at radius 3 is 2.91 bits per heavy atom. The maximum absolute atomic E-state index is 12.1. The molecule has 0 radical (unpaired) electrons. The molecule has 1 fully saturated rings. The van der Waals surface area contributed by atoms with Crippen molar-refractivity contribution < 1.29 is 4.79 Å². The SMILES string of the molecule is CN(C)C(=O)C1CCCN(CCCSc2ccccc2Cl)C1. The summed E-state index contributed by atoms with van der Waals surface area (Å²) in [4.78, 5) is 17.4. The number of hydrogen-bond acceptors (Lipinski definition) is 3. The number of carbonyl (C=O) groups is 1. The summed E-state index contributed by atoms with van der Waals surface area (Å²) in [7, 11) is 3.70. The van der Waals surface area contributed by atoms with Crippen LogP contribution >= 0.6 is 23.4 Å². The molecule has 1 heterocycles. The molecule has 1 saturated heterocycles. The summed E-state index contributed by atoms with van der Waals surface area (Å²) in [5.41, 5.74) is 0. The van der Waals surface area contributed by atoms with Crippen LogP contribution in [0.2, 0.25) is 5.02 Å². The number of halogens is 1. The molecule has 1 atom stereocenters.